The maximum Gasteiger partial charge on any atom is 0.416 e. The van der Waals surface area contributed by atoms with Crippen molar-refractivity contribution in [3.05, 3.63) is 75.6 Å². The molecular weight excluding hydrogens is 449 g/mol. The van der Waals surface area contributed by atoms with Crippen LogP contribution in [0.5, 0.6) is 0 Å². The molecule has 4 rings (SSSR count). The molecule has 2 aromatic heterocycles. The topological polar surface area (TPSA) is 45.5 Å². The van der Waals surface area contributed by atoms with E-state index in [1.807, 2.05) is 13.8 Å². The summed E-state index contributed by atoms with van der Waals surface area (Å²) in [6.45, 7) is 7.90. The molecule has 4 nitrogen and oxygen atoms in total. The van der Waals surface area contributed by atoms with Gasteiger partial charge in [0.05, 0.1) is 17.9 Å². The molecule has 0 radical (unpaired) electrons. The smallest absolute Gasteiger partial charge is 0.416 e. The van der Waals surface area contributed by atoms with Gasteiger partial charge in [0.2, 0.25) is 0 Å². The summed E-state index contributed by atoms with van der Waals surface area (Å²) >= 11 is 1.48. The molecule has 1 aliphatic heterocycles. The zero-order valence-electron chi connectivity index (χ0n) is 18.8. The Balaban J connectivity index is 1.76. The van der Waals surface area contributed by atoms with Crippen molar-refractivity contribution in [3.8, 4) is 0 Å². The lowest BCUT2D eigenvalue weighted by Gasteiger charge is -2.38. The van der Waals surface area contributed by atoms with Gasteiger partial charge in [-0.15, -0.1) is 11.3 Å². The summed E-state index contributed by atoms with van der Waals surface area (Å²) in [6.07, 6.45) is -0.896. The van der Waals surface area contributed by atoms with Crippen LogP contribution < -0.4 is 5.32 Å². The van der Waals surface area contributed by atoms with Crippen LogP contribution in [-0.2, 0) is 6.18 Å². The van der Waals surface area contributed by atoms with E-state index in [0.717, 1.165) is 59.6 Å². The number of aryl methyl sites for hydroxylation is 1. The number of likely N-dealkylation sites (tertiary alicyclic amines) is 1. The summed E-state index contributed by atoms with van der Waals surface area (Å²) in [6, 6.07) is 8.42. The van der Waals surface area contributed by atoms with E-state index in [1.165, 1.54) is 17.6 Å². The van der Waals surface area contributed by atoms with Crippen molar-refractivity contribution in [2.75, 3.05) is 18.4 Å². The Bertz CT molecular complexity index is 1100. The largest absolute Gasteiger partial charge is 0.459 e. The molecule has 1 aliphatic rings. The number of halogens is 3. The Morgan fingerprint density at radius 1 is 1.15 bits per heavy atom. The fourth-order valence-corrected chi connectivity index (χ4v) is 5.43. The summed E-state index contributed by atoms with van der Waals surface area (Å²) in [5.41, 5.74) is 2.10. The van der Waals surface area contributed by atoms with Crippen LogP contribution in [0.15, 0.2) is 47.1 Å². The van der Waals surface area contributed by atoms with E-state index in [1.54, 1.807) is 24.3 Å². The second kappa shape index (κ2) is 9.35. The number of furan rings is 1. The van der Waals surface area contributed by atoms with Crippen LogP contribution in [0.25, 0.3) is 0 Å². The first kappa shape index (κ1) is 23.6. The first-order valence-corrected chi connectivity index (χ1v) is 11.8. The van der Waals surface area contributed by atoms with Gasteiger partial charge in [0.25, 0.3) is 5.91 Å². The van der Waals surface area contributed by atoms with Crippen molar-refractivity contribution < 1.29 is 22.4 Å². The van der Waals surface area contributed by atoms with Crippen LogP contribution in [0.3, 0.4) is 0 Å². The van der Waals surface area contributed by atoms with Crippen molar-refractivity contribution in [1.29, 1.82) is 0 Å². The van der Waals surface area contributed by atoms with Crippen LogP contribution in [-0.4, -0.2) is 23.9 Å². The van der Waals surface area contributed by atoms with Gasteiger partial charge in [0.1, 0.15) is 5.00 Å². The number of hydrogen-bond acceptors (Lipinski definition) is 4. The van der Waals surface area contributed by atoms with Crippen molar-refractivity contribution in [3.63, 3.8) is 0 Å². The lowest BCUT2D eigenvalue weighted by Crippen LogP contribution is -2.37. The number of carbonyl (C=O) groups excluding carboxylic acids is 1. The quantitative estimate of drug-likeness (QED) is 0.429. The van der Waals surface area contributed by atoms with Gasteiger partial charge in [-0.05, 0) is 81.1 Å². The van der Waals surface area contributed by atoms with E-state index in [-0.39, 0.29) is 17.7 Å². The minimum atomic E-state index is -4.38. The molecule has 0 bridgehead atoms. The highest BCUT2D eigenvalue weighted by Gasteiger charge is 2.34. The molecule has 1 aromatic carbocycles. The fourth-order valence-electron chi connectivity index (χ4n) is 4.34. The normalized spacial score (nSPS) is 16.7. The number of thiophene rings is 1. The second-order valence-corrected chi connectivity index (χ2v) is 9.92. The van der Waals surface area contributed by atoms with Crippen molar-refractivity contribution >= 4 is 22.2 Å². The van der Waals surface area contributed by atoms with Crippen molar-refractivity contribution in [2.24, 2.45) is 5.92 Å². The van der Waals surface area contributed by atoms with Crippen LogP contribution in [0, 0.1) is 19.8 Å². The Morgan fingerprint density at radius 3 is 2.39 bits per heavy atom. The minimum absolute atomic E-state index is 0.211. The highest BCUT2D eigenvalue weighted by molar-refractivity contribution is 7.16. The zero-order valence-corrected chi connectivity index (χ0v) is 19.6. The molecule has 0 spiro atoms. The third-order valence-corrected chi connectivity index (χ3v) is 7.55. The highest BCUT2D eigenvalue weighted by atomic mass is 32.1. The minimum Gasteiger partial charge on any atom is -0.459 e. The number of alkyl halides is 3. The van der Waals surface area contributed by atoms with Gasteiger partial charge in [-0.1, -0.05) is 19.1 Å². The molecule has 1 N–H and O–H groups in total. The summed E-state index contributed by atoms with van der Waals surface area (Å²) in [7, 11) is 0. The Hall–Kier alpha value is -2.58. The van der Waals surface area contributed by atoms with Gasteiger partial charge >= 0.3 is 6.18 Å². The molecule has 0 saturated carbocycles. The summed E-state index contributed by atoms with van der Waals surface area (Å²) in [4.78, 5) is 16.1. The van der Waals surface area contributed by atoms with Gasteiger partial charge in [-0.25, -0.2) is 0 Å². The van der Waals surface area contributed by atoms with Crippen LogP contribution in [0.2, 0.25) is 0 Å². The Labute approximate surface area is 195 Å². The zero-order chi connectivity index (χ0) is 23.8. The average Bonchev–Trinajstić information content (AvgIpc) is 3.40. The Kier molecular flexibility index (Phi) is 6.68. The molecule has 1 unspecified atom stereocenters. The van der Waals surface area contributed by atoms with Crippen LogP contribution in [0.1, 0.15) is 63.5 Å². The molecule has 3 heterocycles. The third-order valence-electron chi connectivity index (χ3n) is 6.41. The number of nitrogens with one attached hydrogen (secondary N) is 1. The van der Waals surface area contributed by atoms with E-state index in [2.05, 4.69) is 17.1 Å². The predicted octanol–water partition coefficient (Wildman–Crippen LogP) is 7.05. The van der Waals surface area contributed by atoms with E-state index >= 15 is 0 Å². The number of piperidine rings is 1. The molecule has 3 aromatic rings. The number of hydrogen-bond donors (Lipinski definition) is 1. The van der Waals surface area contributed by atoms with Gasteiger partial charge in [-0.3, -0.25) is 9.69 Å². The molecule has 33 heavy (non-hydrogen) atoms. The van der Waals surface area contributed by atoms with Gasteiger partial charge in [0, 0.05) is 10.4 Å². The maximum atomic E-state index is 13.2. The summed E-state index contributed by atoms with van der Waals surface area (Å²) in [5, 5.41) is 3.69. The summed E-state index contributed by atoms with van der Waals surface area (Å²) in [5.74, 6) is 0.474. The van der Waals surface area contributed by atoms with Crippen molar-refractivity contribution in [2.45, 2.75) is 45.8 Å². The molecule has 1 fully saturated rings. The molecule has 0 aliphatic carbocycles. The monoisotopic (exact) mass is 476 g/mol. The van der Waals surface area contributed by atoms with E-state index < -0.39 is 11.7 Å². The number of anilines is 1. The number of benzene rings is 1. The number of carbonyl (C=O) groups is 1. The van der Waals surface area contributed by atoms with Crippen LogP contribution >= 0.6 is 11.3 Å². The second-order valence-electron chi connectivity index (χ2n) is 8.70. The Morgan fingerprint density at radius 2 is 1.82 bits per heavy atom. The summed E-state index contributed by atoms with van der Waals surface area (Å²) < 4.78 is 44.8. The first-order valence-electron chi connectivity index (χ1n) is 11.0. The van der Waals surface area contributed by atoms with Gasteiger partial charge in [-0.2, -0.15) is 13.2 Å². The molecule has 1 saturated heterocycles. The average molecular weight is 477 g/mol. The standard InChI is InChI=1S/C25H27F3N2O2S/c1-15-10-12-30(13-11-15)22(18-6-8-19(9-7-18)25(26,27)28)21-16(2)17(3)33-24(21)29-23(31)20-5-4-14-32-20/h4-9,14-15,22H,10-13H2,1-3H3,(H,29,31). The van der Waals surface area contributed by atoms with E-state index in [9.17, 15) is 18.0 Å². The van der Waals surface area contributed by atoms with Gasteiger partial charge < -0.3 is 9.73 Å². The molecular formula is C25H27F3N2O2S. The lowest BCUT2D eigenvalue weighted by molar-refractivity contribution is -0.137. The molecule has 1 atom stereocenters. The molecule has 8 heteroatoms. The first-order chi connectivity index (χ1) is 15.6. The molecule has 176 valence electrons. The van der Waals surface area contributed by atoms with Crippen molar-refractivity contribution in [1.82, 2.24) is 4.90 Å². The number of rotatable bonds is 5. The fraction of sp³-hybridized carbons (Fsp3) is 0.400. The van der Waals surface area contributed by atoms with E-state index in [4.69, 9.17) is 4.42 Å². The van der Waals surface area contributed by atoms with E-state index in [0.29, 0.717) is 10.9 Å². The van der Waals surface area contributed by atoms with Gasteiger partial charge in [0.15, 0.2) is 5.76 Å². The highest BCUT2D eigenvalue weighted by Crippen LogP contribution is 2.44. The number of nitrogens with zero attached hydrogens (tertiary/aromatic N) is 1. The lowest BCUT2D eigenvalue weighted by atomic mass is 9.90. The number of amides is 1. The predicted molar refractivity (Wildman–Crippen MR) is 124 cm³/mol. The SMILES string of the molecule is Cc1sc(NC(=O)c2ccco2)c(C(c2ccc(C(F)(F)F)cc2)N2CCC(C)CC2)c1C. The third kappa shape index (κ3) is 5.01. The molecule has 1 amide bonds. The maximum absolute atomic E-state index is 13.2. The van der Waals surface area contributed by atoms with Crippen LogP contribution in [0.4, 0.5) is 18.2 Å².